The average molecular weight is 236 g/mol. The van der Waals surface area contributed by atoms with Crippen molar-refractivity contribution in [2.75, 3.05) is 0 Å². The smallest absolute Gasteiger partial charge is 0.106 e. The van der Waals surface area contributed by atoms with Gasteiger partial charge in [0.25, 0.3) is 0 Å². The summed E-state index contributed by atoms with van der Waals surface area (Å²) in [6, 6.07) is 2.04. The van der Waals surface area contributed by atoms with E-state index in [0.717, 1.165) is 24.0 Å². The number of hydrogen-bond donors (Lipinski definition) is 0. The Morgan fingerprint density at radius 1 is 1.12 bits per heavy atom. The minimum absolute atomic E-state index is 0.842. The van der Waals surface area contributed by atoms with E-state index >= 15 is 0 Å². The molecule has 0 aromatic carbocycles. The van der Waals surface area contributed by atoms with E-state index in [0.29, 0.717) is 0 Å². The Labute approximate surface area is 107 Å². The first kappa shape index (κ1) is 14.3. The Hall–Kier alpha value is -0.720. The van der Waals surface area contributed by atoms with E-state index in [1.165, 1.54) is 37.7 Å². The minimum Gasteiger partial charge on any atom is -0.469 e. The molecular weight excluding hydrogens is 208 g/mol. The van der Waals surface area contributed by atoms with Gasteiger partial charge in [-0.05, 0) is 42.7 Å². The molecule has 0 aliphatic heterocycles. The zero-order valence-electron chi connectivity index (χ0n) is 12.0. The van der Waals surface area contributed by atoms with Crippen LogP contribution in [0, 0.1) is 5.41 Å². The molecule has 0 radical (unpaired) electrons. The molecule has 1 aromatic heterocycles. The van der Waals surface area contributed by atoms with Crippen molar-refractivity contribution in [3.63, 3.8) is 0 Å². The summed E-state index contributed by atoms with van der Waals surface area (Å²) in [5, 5.41) is 0. The lowest BCUT2D eigenvalue weighted by atomic mass is 9.98. The fraction of sp³-hybridized carbons (Fsp3) is 0.750. The summed E-state index contributed by atoms with van der Waals surface area (Å²) >= 11 is 0. The first-order chi connectivity index (χ1) is 8.21. The van der Waals surface area contributed by atoms with E-state index in [4.69, 9.17) is 4.42 Å². The summed E-state index contributed by atoms with van der Waals surface area (Å²) in [5.41, 5.74) is 2.19. The van der Waals surface area contributed by atoms with Crippen LogP contribution in [-0.4, -0.2) is 0 Å². The third kappa shape index (κ3) is 4.22. The molecule has 17 heavy (non-hydrogen) atoms. The monoisotopic (exact) mass is 236 g/mol. The van der Waals surface area contributed by atoms with Crippen LogP contribution in [0.15, 0.2) is 16.7 Å². The van der Waals surface area contributed by atoms with Crippen molar-refractivity contribution in [1.82, 2.24) is 0 Å². The van der Waals surface area contributed by atoms with Crippen LogP contribution in [-0.2, 0) is 12.8 Å². The lowest BCUT2D eigenvalue weighted by Crippen LogP contribution is -1.95. The molecule has 2 rings (SSSR count). The van der Waals surface area contributed by atoms with Crippen LogP contribution in [0.3, 0.4) is 0 Å². The third-order valence-electron chi connectivity index (χ3n) is 4.03. The van der Waals surface area contributed by atoms with E-state index in [9.17, 15) is 0 Å². The molecule has 1 nitrogen and oxygen atoms in total. The molecule has 1 fully saturated rings. The van der Waals surface area contributed by atoms with Gasteiger partial charge in [-0.15, -0.1) is 0 Å². The molecule has 0 unspecified atom stereocenters. The van der Waals surface area contributed by atoms with Gasteiger partial charge in [-0.1, -0.05) is 40.5 Å². The topological polar surface area (TPSA) is 13.1 Å². The summed E-state index contributed by atoms with van der Waals surface area (Å²) in [5.74, 6) is 1.14. The fourth-order valence-electron chi connectivity index (χ4n) is 2.48. The third-order valence-corrected chi connectivity index (χ3v) is 4.03. The molecule has 0 N–H and O–H groups in total. The average Bonchev–Trinajstić information content (AvgIpc) is 2.98. The molecule has 0 saturated heterocycles. The highest BCUT2D eigenvalue weighted by molar-refractivity contribution is 5.16. The van der Waals surface area contributed by atoms with Crippen molar-refractivity contribution in [3.8, 4) is 0 Å². The number of rotatable bonds is 5. The van der Waals surface area contributed by atoms with Crippen LogP contribution in [0.4, 0.5) is 0 Å². The predicted molar refractivity (Wildman–Crippen MR) is 74.3 cm³/mol. The molecule has 0 amide bonds. The van der Waals surface area contributed by atoms with Crippen molar-refractivity contribution in [2.45, 2.75) is 72.6 Å². The van der Waals surface area contributed by atoms with Gasteiger partial charge in [0.2, 0.25) is 0 Å². The van der Waals surface area contributed by atoms with E-state index in [-0.39, 0.29) is 0 Å². The molecule has 0 atom stereocenters. The van der Waals surface area contributed by atoms with Gasteiger partial charge in [-0.2, -0.15) is 0 Å². The standard InChI is InChI=1S/C8H12O.C8H16/c1-3-7-5-6-9-8(7)4-2;1-3-5-8(4-2)6-7-8/h5-6H,3-4H2,1-2H3;3-7H2,1-2H3. The molecule has 1 heterocycles. The van der Waals surface area contributed by atoms with Gasteiger partial charge >= 0.3 is 0 Å². The highest BCUT2D eigenvalue weighted by Gasteiger charge is 2.38. The SMILES string of the molecule is CCCC1(CC)CC1.CCc1ccoc1CC. The molecule has 0 bridgehead atoms. The second-order valence-electron chi connectivity index (χ2n) is 5.18. The normalized spacial score (nSPS) is 16.2. The maximum absolute atomic E-state index is 5.20. The predicted octanol–water partition coefficient (Wildman–Crippen LogP) is 5.38. The van der Waals surface area contributed by atoms with E-state index in [1.807, 2.05) is 6.07 Å². The van der Waals surface area contributed by atoms with E-state index < -0.39 is 0 Å². The molecule has 1 aliphatic carbocycles. The molecule has 1 aliphatic rings. The van der Waals surface area contributed by atoms with Crippen molar-refractivity contribution in [2.24, 2.45) is 5.41 Å². The fourth-order valence-corrected chi connectivity index (χ4v) is 2.48. The second kappa shape index (κ2) is 6.88. The molecular formula is C16H28O. The second-order valence-corrected chi connectivity index (χ2v) is 5.18. The number of furan rings is 1. The zero-order chi connectivity index (χ0) is 12.7. The van der Waals surface area contributed by atoms with Crippen LogP contribution in [0.1, 0.15) is 71.1 Å². The van der Waals surface area contributed by atoms with Gasteiger partial charge in [-0.3, -0.25) is 0 Å². The van der Waals surface area contributed by atoms with Crippen molar-refractivity contribution < 1.29 is 4.42 Å². The van der Waals surface area contributed by atoms with Gasteiger partial charge in [0.1, 0.15) is 5.76 Å². The molecule has 1 heteroatoms. The maximum Gasteiger partial charge on any atom is 0.106 e. The molecule has 0 spiro atoms. The first-order valence-corrected chi connectivity index (χ1v) is 7.26. The summed E-state index contributed by atoms with van der Waals surface area (Å²) in [6.07, 6.45) is 11.2. The van der Waals surface area contributed by atoms with Gasteiger partial charge in [0.05, 0.1) is 6.26 Å². The first-order valence-electron chi connectivity index (χ1n) is 7.26. The minimum atomic E-state index is 0.842. The van der Waals surface area contributed by atoms with Crippen LogP contribution < -0.4 is 0 Å². The van der Waals surface area contributed by atoms with Crippen LogP contribution in [0.25, 0.3) is 0 Å². The molecule has 1 aromatic rings. The summed E-state index contributed by atoms with van der Waals surface area (Å²) < 4.78 is 5.20. The van der Waals surface area contributed by atoms with Gasteiger partial charge in [-0.25, -0.2) is 0 Å². The Morgan fingerprint density at radius 2 is 1.82 bits per heavy atom. The van der Waals surface area contributed by atoms with Crippen molar-refractivity contribution >= 4 is 0 Å². The highest BCUT2D eigenvalue weighted by Crippen LogP contribution is 2.52. The van der Waals surface area contributed by atoms with Gasteiger partial charge < -0.3 is 4.42 Å². The Morgan fingerprint density at radius 3 is 2.12 bits per heavy atom. The van der Waals surface area contributed by atoms with Crippen LogP contribution in [0.2, 0.25) is 0 Å². The zero-order valence-corrected chi connectivity index (χ0v) is 12.0. The Bertz CT molecular complexity index is 289. The quantitative estimate of drug-likeness (QED) is 0.669. The van der Waals surface area contributed by atoms with E-state index in [2.05, 4.69) is 27.7 Å². The maximum atomic E-state index is 5.20. The van der Waals surface area contributed by atoms with Crippen LogP contribution >= 0.6 is 0 Å². The lowest BCUT2D eigenvalue weighted by molar-refractivity contribution is 0.444. The van der Waals surface area contributed by atoms with Crippen molar-refractivity contribution in [3.05, 3.63) is 23.7 Å². The number of hydrogen-bond acceptors (Lipinski definition) is 1. The largest absolute Gasteiger partial charge is 0.469 e. The lowest BCUT2D eigenvalue weighted by Gasteiger charge is -2.07. The van der Waals surface area contributed by atoms with Crippen molar-refractivity contribution in [1.29, 1.82) is 0 Å². The molecule has 98 valence electrons. The Balaban J connectivity index is 0.000000171. The number of aryl methyl sites for hydroxylation is 2. The highest BCUT2D eigenvalue weighted by atomic mass is 16.3. The van der Waals surface area contributed by atoms with Gasteiger partial charge in [0.15, 0.2) is 0 Å². The summed E-state index contributed by atoms with van der Waals surface area (Å²) in [6.45, 7) is 8.86. The summed E-state index contributed by atoms with van der Waals surface area (Å²) in [7, 11) is 0. The van der Waals surface area contributed by atoms with E-state index in [1.54, 1.807) is 6.26 Å². The molecule has 1 saturated carbocycles. The Kier molecular flexibility index (Phi) is 5.80. The van der Waals surface area contributed by atoms with Crippen LogP contribution in [0.5, 0.6) is 0 Å². The van der Waals surface area contributed by atoms with Gasteiger partial charge in [0, 0.05) is 6.42 Å². The summed E-state index contributed by atoms with van der Waals surface area (Å²) in [4.78, 5) is 0.